The van der Waals surface area contributed by atoms with Gasteiger partial charge >= 0.3 is 0 Å². The summed E-state index contributed by atoms with van der Waals surface area (Å²) < 4.78 is 5.07. The van der Waals surface area contributed by atoms with Crippen LogP contribution in [0.1, 0.15) is 18.9 Å². The number of methoxy groups -OCH3 is 1. The number of phenolic OH excluding ortho intramolecular Hbond substituents is 2. The molecule has 0 radical (unpaired) electrons. The molecule has 0 aliphatic heterocycles. The van der Waals surface area contributed by atoms with E-state index >= 15 is 0 Å². The highest BCUT2D eigenvalue weighted by Gasteiger charge is 2.07. The average molecular weight is 225 g/mol. The van der Waals surface area contributed by atoms with Crippen LogP contribution in [0.15, 0.2) is 18.2 Å². The van der Waals surface area contributed by atoms with Crippen molar-refractivity contribution in [3.8, 4) is 11.5 Å². The number of ether oxygens (including phenoxy) is 1. The molecule has 4 nitrogen and oxygen atoms in total. The second-order valence-electron chi connectivity index (χ2n) is 3.75. The fraction of sp³-hybridized carbons (Fsp3) is 0.500. The lowest BCUT2D eigenvalue weighted by Gasteiger charge is -2.16. The topological polar surface area (TPSA) is 61.7 Å². The summed E-state index contributed by atoms with van der Waals surface area (Å²) in [5, 5.41) is 22.0. The average Bonchev–Trinajstić information content (AvgIpc) is 2.26. The summed E-state index contributed by atoms with van der Waals surface area (Å²) in [6, 6.07) is 4.89. The van der Waals surface area contributed by atoms with Gasteiger partial charge in [0, 0.05) is 31.3 Å². The van der Waals surface area contributed by atoms with Crippen LogP contribution in [-0.2, 0) is 11.3 Å². The second-order valence-corrected chi connectivity index (χ2v) is 3.75. The Morgan fingerprint density at radius 3 is 2.69 bits per heavy atom. The lowest BCUT2D eigenvalue weighted by atomic mass is 10.1. The van der Waals surface area contributed by atoms with E-state index in [-0.39, 0.29) is 17.5 Å². The molecule has 1 rings (SSSR count). The first-order valence-electron chi connectivity index (χ1n) is 5.40. The Balaban J connectivity index is 2.53. The van der Waals surface area contributed by atoms with Gasteiger partial charge < -0.3 is 20.3 Å². The fourth-order valence-corrected chi connectivity index (χ4v) is 1.48. The predicted molar refractivity (Wildman–Crippen MR) is 62.6 cm³/mol. The Hall–Kier alpha value is -1.26. The van der Waals surface area contributed by atoms with Gasteiger partial charge in [-0.15, -0.1) is 0 Å². The normalized spacial score (nSPS) is 12.6. The highest BCUT2D eigenvalue weighted by atomic mass is 16.5. The molecule has 0 aromatic heterocycles. The smallest absolute Gasteiger partial charge is 0.123 e. The molecule has 0 saturated heterocycles. The maximum atomic E-state index is 9.58. The van der Waals surface area contributed by atoms with Gasteiger partial charge in [-0.3, -0.25) is 0 Å². The van der Waals surface area contributed by atoms with Crippen molar-refractivity contribution in [3.05, 3.63) is 23.8 Å². The number of aromatic hydroxyl groups is 2. The minimum absolute atomic E-state index is 0.0742. The van der Waals surface area contributed by atoms with Crippen molar-refractivity contribution in [2.24, 2.45) is 0 Å². The van der Waals surface area contributed by atoms with Crippen LogP contribution in [0, 0.1) is 0 Å². The van der Waals surface area contributed by atoms with Crippen molar-refractivity contribution in [1.82, 2.24) is 5.32 Å². The van der Waals surface area contributed by atoms with Gasteiger partial charge in [0.2, 0.25) is 0 Å². The summed E-state index contributed by atoms with van der Waals surface area (Å²) in [7, 11) is 1.67. The van der Waals surface area contributed by atoms with Crippen molar-refractivity contribution in [1.29, 1.82) is 0 Å². The zero-order valence-corrected chi connectivity index (χ0v) is 9.73. The van der Waals surface area contributed by atoms with Crippen molar-refractivity contribution in [3.63, 3.8) is 0 Å². The van der Waals surface area contributed by atoms with Crippen LogP contribution < -0.4 is 5.32 Å². The third-order valence-corrected chi connectivity index (χ3v) is 2.51. The first kappa shape index (κ1) is 12.8. The summed E-state index contributed by atoms with van der Waals surface area (Å²) in [6.45, 7) is 3.29. The first-order valence-corrected chi connectivity index (χ1v) is 5.40. The van der Waals surface area contributed by atoms with Gasteiger partial charge in [-0.1, -0.05) is 13.0 Å². The molecular weight excluding hydrogens is 206 g/mol. The van der Waals surface area contributed by atoms with Crippen LogP contribution in [0.25, 0.3) is 0 Å². The molecule has 3 N–H and O–H groups in total. The van der Waals surface area contributed by atoms with Crippen LogP contribution in [0.2, 0.25) is 0 Å². The van der Waals surface area contributed by atoms with E-state index in [1.807, 2.05) is 0 Å². The molecule has 16 heavy (non-hydrogen) atoms. The van der Waals surface area contributed by atoms with Crippen LogP contribution >= 0.6 is 0 Å². The Bertz CT molecular complexity index is 328. The first-order chi connectivity index (χ1) is 7.67. The number of rotatable bonds is 6. The molecule has 0 heterocycles. The third-order valence-electron chi connectivity index (χ3n) is 2.51. The molecule has 0 saturated carbocycles. The molecule has 1 aromatic rings. The SMILES string of the molecule is CCC(COC)NCc1ccc(O)cc1O. The molecule has 4 heteroatoms. The minimum atomic E-state index is 0.0742. The molecular formula is C12H19NO3. The van der Waals surface area contributed by atoms with Crippen LogP contribution in [0.3, 0.4) is 0 Å². The van der Waals surface area contributed by atoms with E-state index in [1.54, 1.807) is 19.2 Å². The Morgan fingerprint density at radius 1 is 1.38 bits per heavy atom. The quantitative estimate of drug-likeness (QED) is 0.688. The molecule has 1 unspecified atom stereocenters. The van der Waals surface area contributed by atoms with Crippen molar-refractivity contribution < 1.29 is 14.9 Å². The third kappa shape index (κ3) is 3.72. The Kier molecular flexibility index (Phi) is 5.08. The zero-order chi connectivity index (χ0) is 12.0. The van der Waals surface area contributed by atoms with E-state index in [1.165, 1.54) is 6.07 Å². The molecule has 0 aliphatic carbocycles. The van der Waals surface area contributed by atoms with E-state index in [0.29, 0.717) is 13.2 Å². The number of hydrogen-bond acceptors (Lipinski definition) is 4. The lowest BCUT2D eigenvalue weighted by molar-refractivity contribution is 0.163. The predicted octanol–water partition coefficient (Wildman–Crippen LogP) is 1.61. The molecule has 0 amide bonds. The fourth-order valence-electron chi connectivity index (χ4n) is 1.48. The Labute approximate surface area is 95.9 Å². The minimum Gasteiger partial charge on any atom is -0.508 e. The van der Waals surface area contributed by atoms with Crippen molar-refractivity contribution in [2.75, 3.05) is 13.7 Å². The zero-order valence-electron chi connectivity index (χ0n) is 9.73. The largest absolute Gasteiger partial charge is 0.508 e. The molecule has 0 fully saturated rings. The highest BCUT2D eigenvalue weighted by molar-refractivity contribution is 5.38. The van der Waals surface area contributed by atoms with Gasteiger partial charge in [-0.25, -0.2) is 0 Å². The molecule has 0 bridgehead atoms. The number of nitrogens with one attached hydrogen (secondary N) is 1. The molecule has 1 atom stereocenters. The second kappa shape index (κ2) is 6.35. The monoisotopic (exact) mass is 225 g/mol. The maximum absolute atomic E-state index is 9.58. The van der Waals surface area contributed by atoms with Gasteiger partial charge in [0.15, 0.2) is 0 Å². The summed E-state index contributed by atoms with van der Waals surface area (Å²) >= 11 is 0. The summed E-state index contributed by atoms with van der Waals surface area (Å²) in [5.74, 6) is 0.185. The van der Waals surface area contributed by atoms with E-state index in [0.717, 1.165) is 12.0 Å². The van der Waals surface area contributed by atoms with Crippen molar-refractivity contribution >= 4 is 0 Å². The van der Waals surface area contributed by atoms with E-state index < -0.39 is 0 Å². The molecule has 1 aromatic carbocycles. The molecule has 0 spiro atoms. The molecule has 0 aliphatic rings. The summed E-state index contributed by atoms with van der Waals surface area (Å²) in [5.41, 5.74) is 0.771. The van der Waals surface area contributed by atoms with Crippen LogP contribution in [-0.4, -0.2) is 30.0 Å². The number of phenols is 2. The van der Waals surface area contributed by atoms with Gasteiger partial charge in [0.1, 0.15) is 11.5 Å². The standard InChI is InChI=1S/C12H19NO3/c1-3-10(8-16-2)13-7-9-4-5-11(14)6-12(9)15/h4-6,10,13-15H,3,7-8H2,1-2H3. The van der Waals surface area contributed by atoms with E-state index in [2.05, 4.69) is 12.2 Å². The maximum Gasteiger partial charge on any atom is 0.123 e. The van der Waals surface area contributed by atoms with E-state index in [9.17, 15) is 5.11 Å². The Morgan fingerprint density at radius 2 is 2.12 bits per heavy atom. The van der Waals surface area contributed by atoms with Gasteiger partial charge in [-0.05, 0) is 12.5 Å². The number of benzene rings is 1. The van der Waals surface area contributed by atoms with Crippen LogP contribution in [0.5, 0.6) is 11.5 Å². The van der Waals surface area contributed by atoms with Gasteiger partial charge in [0.25, 0.3) is 0 Å². The van der Waals surface area contributed by atoms with Gasteiger partial charge in [-0.2, -0.15) is 0 Å². The summed E-state index contributed by atoms with van der Waals surface area (Å²) in [4.78, 5) is 0. The molecule has 90 valence electrons. The van der Waals surface area contributed by atoms with Gasteiger partial charge in [0.05, 0.1) is 6.61 Å². The van der Waals surface area contributed by atoms with Crippen LogP contribution in [0.4, 0.5) is 0 Å². The highest BCUT2D eigenvalue weighted by Crippen LogP contribution is 2.22. The summed E-state index contributed by atoms with van der Waals surface area (Å²) in [6.07, 6.45) is 0.965. The number of hydrogen-bond donors (Lipinski definition) is 3. The van der Waals surface area contributed by atoms with E-state index in [4.69, 9.17) is 9.84 Å². The lowest BCUT2D eigenvalue weighted by Crippen LogP contribution is -2.31. The van der Waals surface area contributed by atoms with Crippen molar-refractivity contribution in [2.45, 2.75) is 25.9 Å².